The highest BCUT2D eigenvalue weighted by atomic mass is 35.5. The van der Waals surface area contributed by atoms with E-state index in [0.717, 1.165) is 6.21 Å². The van der Waals surface area contributed by atoms with E-state index in [0.29, 0.717) is 26.9 Å². The number of hydrogen-bond donors (Lipinski definition) is 2. The number of carbonyl (C=O) groups is 1. The fourth-order valence-electron chi connectivity index (χ4n) is 2.12. The fraction of sp³-hybridized carbons (Fsp3) is 0.118. The monoisotopic (exact) mass is 378 g/mol. The molecule has 2 aromatic carbocycles. The average molecular weight is 379 g/mol. The molecule has 130 valence electrons. The van der Waals surface area contributed by atoms with Gasteiger partial charge in [0.2, 0.25) is 0 Å². The standard InChI is InChI=1S/C17H16Cl2N4O2/c1-23(2)16-7-6-13(19)9-14(16)17(24)22-21-15(10-20-25)11-4-3-5-12(18)8-11/h3-10,25H,1-2H3,(H,22,24). The van der Waals surface area contributed by atoms with Crippen LogP contribution in [0.1, 0.15) is 15.9 Å². The van der Waals surface area contributed by atoms with Crippen LogP contribution in [0.4, 0.5) is 5.69 Å². The second-order valence-corrected chi connectivity index (χ2v) is 6.12. The van der Waals surface area contributed by atoms with E-state index in [4.69, 9.17) is 28.4 Å². The highest BCUT2D eigenvalue weighted by Gasteiger charge is 2.14. The smallest absolute Gasteiger partial charge is 0.273 e. The fourth-order valence-corrected chi connectivity index (χ4v) is 2.48. The van der Waals surface area contributed by atoms with Crippen LogP contribution >= 0.6 is 23.2 Å². The first kappa shape index (κ1) is 18.8. The Morgan fingerprint density at radius 1 is 1.16 bits per heavy atom. The summed E-state index contributed by atoms with van der Waals surface area (Å²) in [7, 11) is 3.64. The normalized spacial score (nSPS) is 11.6. The molecule has 0 unspecified atom stereocenters. The van der Waals surface area contributed by atoms with E-state index in [1.54, 1.807) is 47.4 Å². The minimum Gasteiger partial charge on any atom is -0.411 e. The maximum Gasteiger partial charge on any atom is 0.273 e. The van der Waals surface area contributed by atoms with Crippen molar-refractivity contribution in [2.45, 2.75) is 0 Å². The van der Waals surface area contributed by atoms with Crippen LogP contribution in [-0.4, -0.2) is 37.1 Å². The lowest BCUT2D eigenvalue weighted by Gasteiger charge is -2.16. The molecule has 25 heavy (non-hydrogen) atoms. The SMILES string of the molecule is CN(C)c1ccc(Cl)cc1C(=O)NN=C(C=NO)c1cccc(Cl)c1. The highest BCUT2D eigenvalue weighted by molar-refractivity contribution is 6.39. The van der Waals surface area contributed by atoms with Crippen molar-refractivity contribution in [3.63, 3.8) is 0 Å². The second-order valence-electron chi connectivity index (χ2n) is 5.25. The number of oxime groups is 1. The van der Waals surface area contributed by atoms with E-state index in [-0.39, 0.29) is 5.71 Å². The number of benzene rings is 2. The van der Waals surface area contributed by atoms with Crippen molar-refractivity contribution < 1.29 is 10.0 Å². The number of nitrogens with one attached hydrogen (secondary N) is 1. The third-order valence-electron chi connectivity index (χ3n) is 3.26. The second kappa shape index (κ2) is 8.50. The zero-order valence-electron chi connectivity index (χ0n) is 13.6. The van der Waals surface area contributed by atoms with Gasteiger partial charge in [-0.1, -0.05) is 40.5 Å². The number of hydrogen-bond acceptors (Lipinski definition) is 5. The Morgan fingerprint density at radius 2 is 1.88 bits per heavy atom. The number of hydrazone groups is 1. The Morgan fingerprint density at radius 3 is 2.52 bits per heavy atom. The summed E-state index contributed by atoms with van der Waals surface area (Å²) >= 11 is 11.9. The topological polar surface area (TPSA) is 77.3 Å². The Balaban J connectivity index is 2.32. The van der Waals surface area contributed by atoms with Gasteiger partial charge in [-0.25, -0.2) is 5.43 Å². The van der Waals surface area contributed by atoms with Gasteiger partial charge in [0.1, 0.15) is 5.71 Å². The Kier molecular flexibility index (Phi) is 6.38. The van der Waals surface area contributed by atoms with E-state index < -0.39 is 5.91 Å². The summed E-state index contributed by atoms with van der Waals surface area (Å²) < 4.78 is 0. The minimum atomic E-state index is -0.447. The molecule has 0 bridgehead atoms. The number of amides is 1. The van der Waals surface area contributed by atoms with Gasteiger partial charge in [-0.05, 0) is 30.3 Å². The maximum atomic E-state index is 12.5. The molecule has 0 atom stereocenters. The molecule has 2 rings (SSSR count). The molecule has 0 aliphatic rings. The number of nitrogens with zero attached hydrogens (tertiary/aromatic N) is 3. The molecule has 0 fully saturated rings. The molecule has 2 N–H and O–H groups in total. The van der Waals surface area contributed by atoms with E-state index in [2.05, 4.69) is 15.7 Å². The average Bonchev–Trinajstić information content (AvgIpc) is 2.58. The Hall–Kier alpha value is -2.57. The lowest BCUT2D eigenvalue weighted by atomic mass is 10.1. The Labute approximate surface area is 155 Å². The number of anilines is 1. The summed E-state index contributed by atoms with van der Waals surface area (Å²) in [5.41, 5.74) is 4.33. The first-order valence-electron chi connectivity index (χ1n) is 7.20. The lowest BCUT2D eigenvalue weighted by Crippen LogP contribution is -2.23. The summed E-state index contributed by atoms with van der Waals surface area (Å²) in [6.45, 7) is 0. The van der Waals surface area contributed by atoms with Gasteiger partial charge in [-0.3, -0.25) is 4.79 Å². The van der Waals surface area contributed by atoms with Crippen molar-refractivity contribution in [1.82, 2.24) is 5.43 Å². The largest absolute Gasteiger partial charge is 0.411 e. The van der Waals surface area contributed by atoms with Gasteiger partial charge < -0.3 is 10.1 Å². The molecule has 2 aromatic rings. The summed E-state index contributed by atoms with van der Waals surface area (Å²) in [4.78, 5) is 14.3. The van der Waals surface area contributed by atoms with Crippen molar-refractivity contribution in [2.24, 2.45) is 10.3 Å². The van der Waals surface area contributed by atoms with Gasteiger partial charge in [0, 0.05) is 35.4 Å². The van der Waals surface area contributed by atoms with Crippen LogP contribution in [0.2, 0.25) is 10.0 Å². The number of halogens is 2. The van der Waals surface area contributed by atoms with Gasteiger partial charge >= 0.3 is 0 Å². The van der Waals surface area contributed by atoms with Crippen molar-refractivity contribution in [1.29, 1.82) is 0 Å². The molecular formula is C17H16Cl2N4O2. The summed E-state index contributed by atoms with van der Waals surface area (Å²) in [6.07, 6.45) is 1.11. The molecule has 0 saturated carbocycles. The van der Waals surface area contributed by atoms with E-state index in [1.165, 1.54) is 0 Å². The third kappa shape index (κ3) is 4.95. The van der Waals surface area contributed by atoms with Crippen molar-refractivity contribution in [2.75, 3.05) is 19.0 Å². The molecule has 8 heteroatoms. The minimum absolute atomic E-state index is 0.242. The number of carbonyl (C=O) groups excluding carboxylic acids is 1. The first-order chi connectivity index (χ1) is 11.9. The molecule has 0 aliphatic heterocycles. The van der Waals surface area contributed by atoms with Crippen molar-refractivity contribution in [3.05, 3.63) is 63.6 Å². The first-order valence-corrected chi connectivity index (χ1v) is 7.96. The van der Waals surface area contributed by atoms with Gasteiger partial charge in [0.25, 0.3) is 5.91 Å². The van der Waals surface area contributed by atoms with Crippen LogP contribution in [0.25, 0.3) is 0 Å². The molecule has 0 spiro atoms. The van der Waals surface area contributed by atoms with Crippen LogP contribution in [0.5, 0.6) is 0 Å². The molecular weight excluding hydrogens is 363 g/mol. The predicted octanol–water partition coefficient (Wildman–Crippen LogP) is 3.65. The molecule has 0 heterocycles. The molecule has 6 nitrogen and oxygen atoms in total. The molecule has 0 radical (unpaired) electrons. The van der Waals surface area contributed by atoms with Gasteiger partial charge in [-0.2, -0.15) is 5.10 Å². The van der Waals surface area contributed by atoms with Crippen molar-refractivity contribution in [3.8, 4) is 0 Å². The zero-order chi connectivity index (χ0) is 18.4. The molecule has 0 aliphatic carbocycles. The van der Waals surface area contributed by atoms with Crippen LogP contribution in [0.15, 0.2) is 52.7 Å². The lowest BCUT2D eigenvalue weighted by molar-refractivity contribution is 0.0955. The summed E-state index contributed by atoms with van der Waals surface area (Å²) in [5, 5.41) is 16.7. The Bertz CT molecular complexity index is 835. The quantitative estimate of drug-likeness (QED) is 0.473. The summed E-state index contributed by atoms with van der Waals surface area (Å²) in [6, 6.07) is 11.8. The third-order valence-corrected chi connectivity index (χ3v) is 3.73. The molecule has 1 amide bonds. The van der Waals surface area contributed by atoms with Gasteiger partial charge in [-0.15, -0.1) is 0 Å². The molecule has 0 saturated heterocycles. The van der Waals surface area contributed by atoms with E-state index >= 15 is 0 Å². The number of rotatable bonds is 5. The van der Waals surface area contributed by atoms with Crippen LogP contribution < -0.4 is 10.3 Å². The van der Waals surface area contributed by atoms with Crippen molar-refractivity contribution >= 4 is 46.7 Å². The maximum absolute atomic E-state index is 12.5. The van der Waals surface area contributed by atoms with Crippen LogP contribution in [0.3, 0.4) is 0 Å². The van der Waals surface area contributed by atoms with E-state index in [1.807, 2.05) is 14.1 Å². The predicted molar refractivity (Wildman–Crippen MR) is 102 cm³/mol. The highest BCUT2D eigenvalue weighted by Crippen LogP contribution is 2.22. The molecule has 0 aromatic heterocycles. The van der Waals surface area contributed by atoms with Crippen LogP contribution in [0, 0.1) is 0 Å². The van der Waals surface area contributed by atoms with Gasteiger partial charge in [0.15, 0.2) is 0 Å². The van der Waals surface area contributed by atoms with Crippen LogP contribution in [-0.2, 0) is 0 Å². The van der Waals surface area contributed by atoms with Gasteiger partial charge in [0.05, 0.1) is 11.8 Å². The van der Waals surface area contributed by atoms with E-state index in [9.17, 15) is 4.79 Å². The summed E-state index contributed by atoms with van der Waals surface area (Å²) in [5.74, 6) is -0.447. The zero-order valence-corrected chi connectivity index (χ0v) is 15.1.